The van der Waals surface area contributed by atoms with Crippen LogP contribution in [0.2, 0.25) is 0 Å². The zero-order chi connectivity index (χ0) is 8.20. The summed E-state index contributed by atoms with van der Waals surface area (Å²) in [5.41, 5.74) is 0. The number of phosphoric ester groups is 1. The molecule has 0 amide bonds. The Morgan fingerprint density at radius 3 is 2.08 bits per heavy atom. The van der Waals surface area contributed by atoms with Gasteiger partial charge in [0.05, 0.1) is 13.2 Å². The standard InChI is InChI=1S/C3H9O6P.Ca.H2O/c4-1-3(5)2-9-10(6,7)8;;/h3-5H,1-2H2,(H2,6,7,8);;1H2. The van der Waals surface area contributed by atoms with Gasteiger partial charge in [-0.3, -0.25) is 4.52 Å². The summed E-state index contributed by atoms with van der Waals surface area (Å²) in [5.74, 6) is 0. The number of hydrogen-bond donors (Lipinski definition) is 4. The van der Waals surface area contributed by atoms with E-state index in [0.717, 1.165) is 0 Å². The number of phosphoric acid groups is 1. The molecule has 6 N–H and O–H groups in total. The summed E-state index contributed by atoms with van der Waals surface area (Å²) < 4.78 is 13.8. The summed E-state index contributed by atoms with van der Waals surface area (Å²) >= 11 is 0. The van der Waals surface area contributed by atoms with Crippen molar-refractivity contribution in [2.75, 3.05) is 13.2 Å². The van der Waals surface area contributed by atoms with Crippen LogP contribution >= 0.6 is 7.82 Å². The molecule has 0 saturated heterocycles. The summed E-state index contributed by atoms with van der Waals surface area (Å²) in [4.78, 5) is 16.1. The first-order valence-electron chi connectivity index (χ1n) is 2.44. The molecule has 0 aromatic rings. The molecule has 0 rings (SSSR count). The molecule has 0 aliphatic heterocycles. The average molecular weight is 230 g/mol. The molecule has 0 bridgehead atoms. The van der Waals surface area contributed by atoms with Crippen molar-refractivity contribution in [3.05, 3.63) is 0 Å². The van der Waals surface area contributed by atoms with Crippen molar-refractivity contribution in [2.24, 2.45) is 0 Å². The van der Waals surface area contributed by atoms with Crippen molar-refractivity contribution in [2.45, 2.75) is 6.10 Å². The molecule has 0 saturated carbocycles. The largest absolute Gasteiger partial charge is 0.469 e. The second kappa shape index (κ2) is 8.83. The predicted molar refractivity (Wildman–Crippen MR) is 40.5 cm³/mol. The fraction of sp³-hybridized carbons (Fsp3) is 1.00. The van der Waals surface area contributed by atoms with Crippen molar-refractivity contribution in [3.63, 3.8) is 0 Å². The fourth-order valence-electron chi connectivity index (χ4n) is 0.236. The van der Waals surface area contributed by atoms with Crippen LogP contribution in [0.25, 0.3) is 0 Å². The average Bonchev–Trinajstić information content (AvgIpc) is 1.81. The first-order chi connectivity index (χ1) is 4.45. The Morgan fingerprint density at radius 1 is 1.42 bits per heavy atom. The number of rotatable bonds is 4. The first-order valence-corrected chi connectivity index (χ1v) is 3.98. The monoisotopic (exact) mass is 230 g/mol. The second-order valence-electron chi connectivity index (χ2n) is 1.62. The third kappa shape index (κ3) is 13.8. The SMILES string of the molecule is O.O=P(O)(O)OCC(O)CO.[Ca]. The molecule has 7 nitrogen and oxygen atoms in total. The van der Waals surface area contributed by atoms with Gasteiger partial charge in [-0.2, -0.15) is 0 Å². The minimum Gasteiger partial charge on any atom is -0.412 e. The van der Waals surface area contributed by atoms with Gasteiger partial charge in [-0.25, -0.2) is 4.57 Å². The molecule has 0 fully saturated rings. The third-order valence-corrected chi connectivity index (χ3v) is 1.13. The quantitative estimate of drug-likeness (QED) is 0.305. The van der Waals surface area contributed by atoms with Crippen molar-refractivity contribution in [3.8, 4) is 0 Å². The van der Waals surface area contributed by atoms with Crippen molar-refractivity contribution >= 4 is 45.6 Å². The van der Waals surface area contributed by atoms with Gasteiger partial charge in [-0.15, -0.1) is 0 Å². The molecule has 72 valence electrons. The molecule has 0 aromatic carbocycles. The molecule has 0 aliphatic rings. The third-order valence-electron chi connectivity index (χ3n) is 0.646. The van der Waals surface area contributed by atoms with Gasteiger partial charge in [0.15, 0.2) is 0 Å². The van der Waals surface area contributed by atoms with E-state index in [9.17, 15) is 4.57 Å². The molecule has 1 unspecified atom stereocenters. The van der Waals surface area contributed by atoms with Crippen LogP contribution in [0.4, 0.5) is 0 Å². The van der Waals surface area contributed by atoms with E-state index in [4.69, 9.17) is 20.0 Å². The zero-order valence-electron chi connectivity index (χ0n) is 6.25. The Bertz CT molecular complexity index is 135. The molecular weight excluding hydrogens is 219 g/mol. The minimum absolute atomic E-state index is 0. The number of aliphatic hydroxyl groups excluding tert-OH is 2. The summed E-state index contributed by atoms with van der Waals surface area (Å²) in [6, 6.07) is 0. The van der Waals surface area contributed by atoms with Crippen LogP contribution in [0.1, 0.15) is 0 Å². The normalized spacial score (nSPS) is 12.7. The van der Waals surface area contributed by atoms with Gasteiger partial charge >= 0.3 is 7.82 Å². The molecule has 0 spiro atoms. The van der Waals surface area contributed by atoms with Crippen LogP contribution in [0.5, 0.6) is 0 Å². The summed E-state index contributed by atoms with van der Waals surface area (Å²) in [5, 5.41) is 16.7. The molecule has 0 heterocycles. The van der Waals surface area contributed by atoms with Crippen molar-refractivity contribution < 1.29 is 34.6 Å². The molecule has 0 aliphatic carbocycles. The van der Waals surface area contributed by atoms with Crippen molar-refractivity contribution in [1.29, 1.82) is 0 Å². The molecule has 12 heavy (non-hydrogen) atoms. The van der Waals surface area contributed by atoms with Gasteiger partial charge in [-0.1, -0.05) is 0 Å². The molecule has 1 atom stereocenters. The van der Waals surface area contributed by atoms with Crippen LogP contribution in [-0.2, 0) is 9.09 Å². The zero-order valence-corrected chi connectivity index (χ0v) is 9.35. The summed E-state index contributed by atoms with van der Waals surface area (Å²) in [6.45, 7) is -1.15. The number of aliphatic hydroxyl groups is 2. The van der Waals surface area contributed by atoms with Crippen molar-refractivity contribution in [1.82, 2.24) is 0 Å². The maximum Gasteiger partial charge on any atom is 0.469 e. The molecule has 2 radical (unpaired) electrons. The molecule has 9 heteroatoms. The second-order valence-corrected chi connectivity index (χ2v) is 2.86. The Morgan fingerprint density at radius 2 is 1.83 bits per heavy atom. The van der Waals surface area contributed by atoms with Gasteiger partial charge < -0.3 is 25.5 Å². The molecule has 0 aromatic heterocycles. The van der Waals surface area contributed by atoms with Crippen LogP contribution in [-0.4, -0.2) is 82.5 Å². The van der Waals surface area contributed by atoms with Crippen LogP contribution in [0, 0.1) is 0 Å². The summed E-state index contributed by atoms with van der Waals surface area (Å²) in [7, 11) is -4.50. The van der Waals surface area contributed by atoms with Crippen LogP contribution < -0.4 is 0 Å². The fourth-order valence-corrected chi connectivity index (χ4v) is 0.602. The van der Waals surface area contributed by atoms with E-state index in [2.05, 4.69) is 4.52 Å². The van der Waals surface area contributed by atoms with Gasteiger partial charge in [0.1, 0.15) is 6.10 Å². The van der Waals surface area contributed by atoms with E-state index >= 15 is 0 Å². The van der Waals surface area contributed by atoms with Gasteiger partial charge in [0.2, 0.25) is 0 Å². The maximum atomic E-state index is 9.93. The van der Waals surface area contributed by atoms with E-state index in [0.29, 0.717) is 0 Å². The van der Waals surface area contributed by atoms with E-state index in [1.165, 1.54) is 0 Å². The Labute approximate surface area is 98.9 Å². The van der Waals surface area contributed by atoms with E-state index in [-0.39, 0.29) is 43.2 Å². The minimum atomic E-state index is -4.50. The van der Waals surface area contributed by atoms with Gasteiger partial charge in [-0.05, 0) is 0 Å². The molecular formula is C3H11CaO7P. The smallest absolute Gasteiger partial charge is 0.412 e. The number of hydrogen-bond acceptors (Lipinski definition) is 4. The van der Waals surface area contributed by atoms with Gasteiger partial charge in [0.25, 0.3) is 0 Å². The predicted octanol–water partition coefficient (Wildman–Crippen LogP) is -2.76. The summed E-state index contributed by atoms with van der Waals surface area (Å²) in [6.07, 6.45) is -1.24. The topological polar surface area (TPSA) is 139 Å². The Hall–Kier alpha value is 1.25. The van der Waals surface area contributed by atoms with Gasteiger partial charge in [0, 0.05) is 37.7 Å². The Kier molecular flexibility index (Phi) is 13.9. The van der Waals surface area contributed by atoms with Crippen LogP contribution in [0.15, 0.2) is 0 Å². The van der Waals surface area contributed by atoms with Crippen LogP contribution in [0.3, 0.4) is 0 Å². The maximum absolute atomic E-state index is 9.93. The Balaban J connectivity index is -0.000000405. The van der Waals surface area contributed by atoms with E-state index in [1.807, 2.05) is 0 Å². The first kappa shape index (κ1) is 18.9. The van der Waals surface area contributed by atoms with E-state index in [1.54, 1.807) is 0 Å². The van der Waals surface area contributed by atoms with E-state index < -0.39 is 27.1 Å².